The number of aliphatic hydroxyl groups excluding tert-OH is 1. The summed E-state index contributed by atoms with van der Waals surface area (Å²) in [7, 11) is 0. The Morgan fingerprint density at radius 3 is 2.70 bits per heavy atom. The molecule has 0 aliphatic rings. The summed E-state index contributed by atoms with van der Waals surface area (Å²) in [5.74, 6) is 1.95. The number of hydrogen-bond acceptors (Lipinski definition) is 7. The van der Waals surface area contributed by atoms with Crippen molar-refractivity contribution >= 4 is 28.9 Å². The van der Waals surface area contributed by atoms with E-state index in [9.17, 15) is 9.90 Å². The Hall–Kier alpha value is -2.16. The Morgan fingerprint density at radius 1 is 1.30 bits per heavy atom. The normalized spacial score (nSPS) is 12.1. The van der Waals surface area contributed by atoms with Crippen molar-refractivity contribution in [1.29, 1.82) is 0 Å². The van der Waals surface area contributed by atoms with E-state index < -0.39 is 6.10 Å². The number of aliphatic hydroxyl groups is 1. The molecule has 2 aromatic heterocycles. The number of carbonyl (C=O) groups is 1. The van der Waals surface area contributed by atoms with Gasteiger partial charge in [-0.15, -0.1) is 21.5 Å². The number of rotatable bonds is 9. The number of hydrogen-bond donors (Lipinski definition) is 1. The fourth-order valence-electron chi connectivity index (χ4n) is 2.47. The van der Waals surface area contributed by atoms with Crippen LogP contribution < -0.4 is 4.74 Å². The van der Waals surface area contributed by atoms with E-state index in [0.717, 1.165) is 22.4 Å². The second-order valence-electron chi connectivity index (χ2n) is 5.88. The number of benzene rings is 1. The molecule has 1 aromatic carbocycles. The van der Waals surface area contributed by atoms with E-state index in [4.69, 9.17) is 4.74 Å². The van der Waals surface area contributed by atoms with Crippen LogP contribution in [0, 0.1) is 0 Å². The zero-order valence-electron chi connectivity index (χ0n) is 15.2. The van der Waals surface area contributed by atoms with Crippen LogP contribution in [-0.2, 0) is 6.54 Å². The molecule has 8 heteroatoms. The predicted molar refractivity (Wildman–Crippen MR) is 108 cm³/mol. The minimum atomic E-state index is -0.644. The van der Waals surface area contributed by atoms with Gasteiger partial charge in [0.1, 0.15) is 12.4 Å². The summed E-state index contributed by atoms with van der Waals surface area (Å²) in [6.07, 6.45) is -0.644. The molecule has 1 atom stereocenters. The van der Waals surface area contributed by atoms with Crippen molar-refractivity contribution in [2.45, 2.75) is 31.7 Å². The second-order valence-corrected chi connectivity index (χ2v) is 7.82. The van der Waals surface area contributed by atoms with Crippen LogP contribution in [0.5, 0.6) is 5.75 Å². The number of aromatic nitrogens is 3. The number of ether oxygens (including phenoxy) is 1. The topological polar surface area (TPSA) is 77.2 Å². The summed E-state index contributed by atoms with van der Waals surface area (Å²) in [4.78, 5) is 12.4. The van der Waals surface area contributed by atoms with E-state index >= 15 is 0 Å². The van der Waals surface area contributed by atoms with Crippen molar-refractivity contribution in [3.63, 3.8) is 0 Å². The average Bonchev–Trinajstić information content (AvgIpc) is 3.33. The van der Waals surface area contributed by atoms with E-state index in [-0.39, 0.29) is 12.4 Å². The third-order valence-electron chi connectivity index (χ3n) is 3.88. The molecule has 3 rings (SSSR count). The number of thioether (sulfide) groups is 1. The molecule has 0 amide bonds. The van der Waals surface area contributed by atoms with Crippen LogP contribution in [0.25, 0.3) is 10.7 Å². The van der Waals surface area contributed by atoms with Gasteiger partial charge in [0.05, 0.1) is 11.0 Å². The molecule has 0 saturated heterocycles. The highest BCUT2D eigenvalue weighted by Gasteiger charge is 2.15. The maximum Gasteiger partial charge on any atom is 0.191 e. The molecule has 0 spiro atoms. The fourth-order valence-corrected chi connectivity index (χ4v) is 4.09. The maximum absolute atomic E-state index is 11.3. The van der Waals surface area contributed by atoms with Crippen LogP contribution in [0.2, 0.25) is 0 Å². The van der Waals surface area contributed by atoms with E-state index in [0.29, 0.717) is 17.1 Å². The molecule has 0 bridgehead atoms. The van der Waals surface area contributed by atoms with E-state index in [1.54, 1.807) is 35.6 Å². The Kier molecular flexibility index (Phi) is 6.65. The lowest BCUT2D eigenvalue weighted by Gasteiger charge is -2.12. The minimum absolute atomic E-state index is 0.0138. The summed E-state index contributed by atoms with van der Waals surface area (Å²) in [5, 5.41) is 21.6. The first-order chi connectivity index (χ1) is 13.1. The molecule has 0 aliphatic carbocycles. The van der Waals surface area contributed by atoms with Crippen LogP contribution in [-0.4, -0.2) is 44.1 Å². The number of carbonyl (C=O) groups excluding carboxylic acids is 1. The van der Waals surface area contributed by atoms with Crippen molar-refractivity contribution in [3.8, 4) is 16.5 Å². The Morgan fingerprint density at radius 2 is 2.07 bits per heavy atom. The van der Waals surface area contributed by atoms with Gasteiger partial charge in [0.25, 0.3) is 0 Å². The van der Waals surface area contributed by atoms with Crippen molar-refractivity contribution < 1.29 is 14.6 Å². The number of Topliss-reactive ketones (excluding diaryl/α,β-unsaturated/α-hetero) is 1. The molecule has 0 radical (unpaired) electrons. The highest BCUT2D eigenvalue weighted by Crippen LogP contribution is 2.27. The summed E-state index contributed by atoms with van der Waals surface area (Å²) >= 11 is 3.09. The van der Waals surface area contributed by atoms with E-state index in [1.807, 2.05) is 22.1 Å². The van der Waals surface area contributed by atoms with Gasteiger partial charge in [-0.1, -0.05) is 17.8 Å². The molecule has 0 saturated carbocycles. The maximum atomic E-state index is 11.3. The third-order valence-corrected chi connectivity index (χ3v) is 5.86. The van der Waals surface area contributed by atoms with Crippen LogP contribution in [0.1, 0.15) is 24.2 Å². The lowest BCUT2D eigenvalue weighted by molar-refractivity contribution is 0.101. The van der Waals surface area contributed by atoms with Gasteiger partial charge in [0.15, 0.2) is 16.8 Å². The van der Waals surface area contributed by atoms with Gasteiger partial charge in [-0.3, -0.25) is 4.79 Å². The number of thiophene rings is 1. The molecule has 6 nitrogen and oxygen atoms in total. The average molecular weight is 404 g/mol. The smallest absolute Gasteiger partial charge is 0.191 e. The second kappa shape index (κ2) is 9.16. The Labute approximate surface area is 166 Å². The van der Waals surface area contributed by atoms with Crippen molar-refractivity contribution in [2.75, 3.05) is 12.4 Å². The summed E-state index contributed by atoms with van der Waals surface area (Å²) in [6, 6.07) is 10.9. The zero-order chi connectivity index (χ0) is 19.2. The summed E-state index contributed by atoms with van der Waals surface area (Å²) < 4.78 is 7.64. The lowest BCUT2D eigenvalue weighted by Crippen LogP contribution is -2.20. The highest BCUT2D eigenvalue weighted by atomic mass is 32.2. The Bertz CT molecular complexity index is 876. The van der Waals surface area contributed by atoms with Crippen LogP contribution in [0.15, 0.2) is 46.9 Å². The third kappa shape index (κ3) is 4.97. The van der Waals surface area contributed by atoms with Crippen LogP contribution in [0.3, 0.4) is 0 Å². The molecule has 142 valence electrons. The summed E-state index contributed by atoms with van der Waals surface area (Å²) in [6.45, 7) is 4.51. The molecule has 1 unspecified atom stereocenters. The predicted octanol–water partition coefficient (Wildman–Crippen LogP) is 3.76. The first-order valence-corrected chi connectivity index (χ1v) is 10.5. The van der Waals surface area contributed by atoms with Gasteiger partial charge < -0.3 is 14.4 Å². The number of ketones is 1. The van der Waals surface area contributed by atoms with Gasteiger partial charge in [-0.2, -0.15) is 0 Å². The van der Waals surface area contributed by atoms with Gasteiger partial charge in [-0.25, -0.2) is 0 Å². The first kappa shape index (κ1) is 19.6. The lowest BCUT2D eigenvalue weighted by atomic mass is 10.1. The molecule has 2 heterocycles. The van der Waals surface area contributed by atoms with Gasteiger partial charge >= 0.3 is 0 Å². The summed E-state index contributed by atoms with van der Waals surface area (Å²) in [5.41, 5.74) is 0.638. The van der Waals surface area contributed by atoms with Gasteiger partial charge in [0.2, 0.25) is 0 Å². The standard InChI is InChI=1S/C19H21N3O3S2/c1-3-22-18(17-5-4-10-26-17)20-21-19(22)27-12-15(24)11-25-16-8-6-14(7-9-16)13(2)23/h4-10,15,24H,3,11-12H2,1-2H3. The fraction of sp³-hybridized carbons (Fsp3) is 0.316. The van der Waals surface area contributed by atoms with Crippen molar-refractivity contribution in [2.24, 2.45) is 0 Å². The molecule has 27 heavy (non-hydrogen) atoms. The Balaban J connectivity index is 1.53. The van der Waals surface area contributed by atoms with E-state index in [1.165, 1.54) is 18.7 Å². The van der Waals surface area contributed by atoms with Gasteiger partial charge in [0, 0.05) is 17.9 Å². The molecule has 0 aliphatic heterocycles. The SMILES string of the molecule is CCn1c(SCC(O)COc2ccc(C(C)=O)cc2)nnc1-c1cccs1. The molecule has 1 N–H and O–H groups in total. The van der Waals surface area contributed by atoms with Crippen molar-refractivity contribution in [1.82, 2.24) is 14.8 Å². The minimum Gasteiger partial charge on any atom is -0.491 e. The highest BCUT2D eigenvalue weighted by molar-refractivity contribution is 7.99. The quantitative estimate of drug-likeness (QED) is 0.433. The number of nitrogens with zero attached hydrogens (tertiary/aromatic N) is 3. The van der Waals surface area contributed by atoms with Crippen molar-refractivity contribution in [3.05, 3.63) is 47.3 Å². The van der Waals surface area contributed by atoms with E-state index in [2.05, 4.69) is 17.1 Å². The molecule has 3 aromatic rings. The monoisotopic (exact) mass is 403 g/mol. The molecular formula is C19H21N3O3S2. The largest absolute Gasteiger partial charge is 0.491 e. The molecular weight excluding hydrogens is 382 g/mol. The van der Waals surface area contributed by atoms with Crippen LogP contribution in [0.4, 0.5) is 0 Å². The van der Waals surface area contributed by atoms with Crippen LogP contribution >= 0.6 is 23.1 Å². The van der Waals surface area contributed by atoms with Gasteiger partial charge in [-0.05, 0) is 49.6 Å². The zero-order valence-corrected chi connectivity index (χ0v) is 16.8. The molecule has 0 fully saturated rings. The first-order valence-electron chi connectivity index (χ1n) is 8.60.